The fourth-order valence-electron chi connectivity index (χ4n) is 1.32. The Kier molecular flexibility index (Phi) is 2.62. The third kappa shape index (κ3) is 1.62. The molecule has 1 atom stereocenters. The minimum absolute atomic E-state index is 0.0919. The highest BCUT2D eigenvalue weighted by molar-refractivity contribution is 14.1. The maximum atomic E-state index is 5.89. The number of nitrogens with two attached hydrogens (primary N) is 1. The van der Waals surface area contributed by atoms with Gasteiger partial charge in [0, 0.05) is 9.14 Å². The molecule has 0 amide bonds. The van der Waals surface area contributed by atoms with Gasteiger partial charge in [-0.1, -0.05) is 34.1 Å². The molecule has 1 aromatic rings. The maximum Gasteiger partial charge on any atom is 0.119 e. The van der Waals surface area contributed by atoms with Gasteiger partial charge in [-0.15, -0.1) is 0 Å². The molecule has 4 heteroatoms. The van der Waals surface area contributed by atoms with Gasteiger partial charge in [-0.05, 0) is 34.7 Å². The Labute approximate surface area is 99.0 Å². The lowest BCUT2D eigenvalue weighted by Gasteiger charge is -2.29. The van der Waals surface area contributed by atoms with Crippen LogP contribution in [0.15, 0.2) is 30.3 Å². The number of para-hydroxylation sites is 1. The molecule has 0 saturated carbocycles. The highest BCUT2D eigenvalue weighted by Gasteiger charge is 2.20. The van der Waals surface area contributed by atoms with E-state index < -0.39 is 0 Å². The van der Waals surface area contributed by atoms with Gasteiger partial charge in [0.1, 0.15) is 4.95 Å². The van der Waals surface area contributed by atoms with Gasteiger partial charge in [-0.3, -0.25) is 5.01 Å². The van der Waals surface area contributed by atoms with Crippen molar-refractivity contribution in [2.75, 3.05) is 5.01 Å². The van der Waals surface area contributed by atoms with E-state index in [2.05, 4.69) is 50.7 Å². The molecule has 1 heterocycles. The molecule has 13 heavy (non-hydrogen) atoms. The number of hydrogen-bond acceptors (Lipinski definition) is 2. The molecule has 0 radical (unpaired) electrons. The first-order valence-corrected chi connectivity index (χ1v) is 5.84. The zero-order chi connectivity index (χ0) is 9.42. The molecule has 2 nitrogen and oxygen atoms in total. The summed E-state index contributed by atoms with van der Waals surface area (Å²) >= 11 is 5.81. The van der Waals surface area contributed by atoms with Crippen molar-refractivity contribution in [3.05, 3.63) is 35.9 Å². The lowest BCUT2D eigenvalue weighted by molar-refractivity contribution is 0.898. The lowest BCUT2D eigenvalue weighted by Crippen LogP contribution is -2.38. The molecule has 2 N–H and O–H groups in total. The summed E-state index contributed by atoms with van der Waals surface area (Å²) in [6.45, 7) is 0. The predicted octanol–water partition coefficient (Wildman–Crippen LogP) is 2.88. The summed E-state index contributed by atoms with van der Waals surface area (Å²) in [5.74, 6) is 5.89. The number of nitrogens with zero attached hydrogens (tertiary/aromatic N) is 1. The number of hydrazine groups is 1. The van der Waals surface area contributed by atoms with E-state index in [-0.39, 0.29) is 4.95 Å². The van der Waals surface area contributed by atoms with Crippen LogP contribution < -0.4 is 10.9 Å². The Balaban J connectivity index is 2.58. The number of anilines is 1. The van der Waals surface area contributed by atoms with Crippen LogP contribution in [0.3, 0.4) is 0 Å². The number of alkyl halides is 1. The molecule has 0 bridgehead atoms. The Morgan fingerprint density at radius 3 is 2.85 bits per heavy atom. The summed E-state index contributed by atoms with van der Waals surface area (Å²) in [4.78, 5) is 0.0919. The van der Waals surface area contributed by atoms with Crippen LogP contribution in [0.2, 0.25) is 0 Å². The van der Waals surface area contributed by atoms with Crippen molar-refractivity contribution < 1.29 is 0 Å². The van der Waals surface area contributed by atoms with Crippen LogP contribution in [0, 0.1) is 0 Å². The van der Waals surface area contributed by atoms with E-state index in [9.17, 15) is 0 Å². The van der Waals surface area contributed by atoms with Crippen molar-refractivity contribution in [1.82, 2.24) is 0 Å². The average molecular weight is 351 g/mol. The third-order valence-electron chi connectivity index (χ3n) is 1.99. The van der Waals surface area contributed by atoms with E-state index in [0.717, 1.165) is 5.69 Å². The van der Waals surface area contributed by atoms with E-state index in [1.165, 1.54) is 9.14 Å². The number of rotatable bonds is 0. The van der Waals surface area contributed by atoms with Crippen LogP contribution in [0.5, 0.6) is 0 Å². The Morgan fingerprint density at radius 1 is 1.38 bits per heavy atom. The summed E-state index contributed by atoms with van der Waals surface area (Å²) in [5.41, 5.74) is 2.26. The van der Waals surface area contributed by atoms with Crippen molar-refractivity contribution >= 4 is 47.8 Å². The Hall–Kier alpha value is -0.0700. The van der Waals surface area contributed by atoms with Gasteiger partial charge in [0.2, 0.25) is 0 Å². The molecule has 1 aliphatic rings. The van der Waals surface area contributed by atoms with Gasteiger partial charge in [-0.2, -0.15) is 0 Å². The largest absolute Gasteiger partial charge is 0.293 e. The molecule has 0 aliphatic carbocycles. The van der Waals surface area contributed by atoms with Crippen molar-refractivity contribution in [3.63, 3.8) is 0 Å². The minimum atomic E-state index is 0.0919. The van der Waals surface area contributed by atoms with Crippen LogP contribution in [0.1, 0.15) is 5.56 Å². The number of benzene rings is 1. The van der Waals surface area contributed by atoms with Gasteiger partial charge in [0.15, 0.2) is 0 Å². The molecule has 1 aromatic carbocycles. The SMILES string of the molecule is NN1c2ccccc2C(I)=CC1Br. The summed E-state index contributed by atoms with van der Waals surface area (Å²) in [5, 5.41) is 1.72. The quantitative estimate of drug-likeness (QED) is 0.337. The van der Waals surface area contributed by atoms with Crippen molar-refractivity contribution in [2.45, 2.75) is 4.95 Å². The molecule has 0 spiro atoms. The van der Waals surface area contributed by atoms with Gasteiger partial charge in [-0.25, -0.2) is 5.84 Å². The van der Waals surface area contributed by atoms with Gasteiger partial charge in [0.25, 0.3) is 0 Å². The van der Waals surface area contributed by atoms with Crippen LogP contribution in [-0.4, -0.2) is 4.95 Å². The maximum absolute atomic E-state index is 5.89. The van der Waals surface area contributed by atoms with Gasteiger partial charge in [0.05, 0.1) is 5.69 Å². The monoisotopic (exact) mass is 350 g/mol. The van der Waals surface area contributed by atoms with Gasteiger partial charge >= 0.3 is 0 Å². The number of fused-ring (bicyclic) bond motifs is 1. The number of hydrogen-bond donors (Lipinski definition) is 1. The molecular formula is C9H8BrIN2. The van der Waals surface area contributed by atoms with E-state index in [4.69, 9.17) is 5.84 Å². The fraction of sp³-hybridized carbons (Fsp3) is 0.111. The molecule has 2 rings (SSSR count). The second kappa shape index (κ2) is 3.59. The molecule has 0 saturated heterocycles. The zero-order valence-corrected chi connectivity index (χ0v) is 10.5. The van der Waals surface area contributed by atoms with Crippen LogP contribution >= 0.6 is 38.5 Å². The molecule has 68 valence electrons. The minimum Gasteiger partial charge on any atom is -0.293 e. The molecule has 1 aliphatic heterocycles. The topological polar surface area (TPSA) is 29.3 Å². The van der Waals surface area contributed by atoms with Crippen LogP contribution in [-0.2, 0) is 0 Å². The van der Waals surface area contributed by atoms with Crippen molar-refractivity contribution in [2.24, 2.45) is 5.84 Å². The smallest absolute Gasteiger partial charge is 0.119 e. The molecule has 0 fully saturated rings. The standard InChI is InChI=1S/C9H8BrIN2/c10-9-5-7(11)6-3-1-2-4-8(6)13(9)12/h1-5,9H,12H2. The summed E-state index contributed by atoms with van der Waals surface area (Å²) in [6.07, 6.45) is 2.09. The van der Waals surface area contributed by atoms with Crippen molar-refractivity contribution in [1.29, 1.82) is 0 Å². The first kappa shape index (κ1) is 9.48. The van der Waals surface area contributed by atoms with Crippen molar-refractivity contribution in [3.8, 4) is 0 Å². The van der Waals surface area contributed by atoms with Crippen LogP contribution in [0.4, 0.5) is 5.69 Å². The predicted molar refractivity (Wildman–Crippen MR) is 67.8 cm³/mol. The summed E-state index contributed by atoms with van der Waals surface area (Å²) in [6, 6.07) is 8.11. The van der Waals surface area contributed by atoms with E-state index in [0.29, 0.717) is 0 Å². The van der Waals surface area contributed by atoms with Crippen LogP contribution in [0.25, 0.3) is 3.58 Å². The second-order valence-electron chi connectivity index (χ2n) is 2.81. The zero-order valence-electron chi connectivity index (χ0n) is 6.74. The first-order valence-electron chi connectivity index (χ1n) is 3.85. The summed E-state index contributed by atoms with van der Waals surface area (Å²) < 4.78 is 1.23. The van der Waals surface area contributed by atoms with E-state index >= 15 is 0 Å². The summed E-state index contributed by atoms with van der Waals surface area (Å²) in [7, 11) is 0. The Bertz CT molecular complexity index is 364. The fourth-order valence-corrected chi connectivity index (χ4v) is 3.10. The molecular weight excluding hydrogens is 343 g/mol. The third-order valence-corrected chi connectivity index (χ3v) is 3.64. The Morgan fingerprint density at radius 2 is 2.08 bits per heavy atom. The second-order valence-corrected chi connectivity index (χ2v) is 4.91. The lowest BCUT2D eigenvalue weighted by atomic mass is 10.1. The van der Waals surface area contributed by atoms with E-state index in [1.807, 2.05) is 18.2 Å². The average Bonchev–Trinajstić information content (AvgIpc) is 2.15. The normalized spacial score (nSPS) is 21.0. The number of halogens is 2. The van der Waals surface area contributed by atoms with Gasteiger partial charge < -0.3 is 0 Å². The molecule has 1 unspecified atom stereocenters. The highest BCUT2D eigenvalue weighted by Crippen LogP contribution is 2.36. The van der Waals surface area contributed by atoms with E-state index in [1.54, 1.807) is 5.01 Å². The highest BCUT2D eigenvalue weighted by atomic mass is 127. The first-order chi connectivity index (χ1) is 6.20. The molecule has 0 aromatic heterocycles.